The lowest BCUT2D eigenvalue weighted by Gasteiger charge is -2.38. The lowest BCUT2D eigenvalue weighted by atomic mass is 10.1. The molecule has 2 aliphatic rings. The molecule has 0 radical (unpaired) electrons. The Hall–Kier alpha value is -1.46. The highest BCUT2D eigenvalue weighted by atomic mass is 35.5. The number of likely N-dealkylation sites (tertiary alicyclic amines) is 1. The van der Waals surface area contributed by atoms with Gasteiger partial charge in [0, 0.05) is 56.0 Å². The van der Waals surface area contributed by atoms with Crippen molar-refractivity contribution in [1.29, 1.82) is 0 Å². The molecule has 144 valence electrons. The van der Waals surface area contributed by atoms with Crippen molar-refractivity contribution in [2.75, 3.05) is 50.7 Å². The molecule has 0 saturated carbocycles. The van der Waals surface area contributed by atoms with Gasteiger partial charge in [-0.1, -0.05) is 24.6 Å². The van der Waals surface area contributed by atoms with E-state index in [1.807, 2.05) is 17.0 Å². The number of anilines is 1. The van der Waals surface area contributed by atoms with Gasteiger partial charge in [-0.3, -0.25) is 0 Å². The smallest absolute Gasteiger partial charge is 0.317 e. The number of urea groups is 1. The molecule has 1 aromatic carbocycles. The fourth-order valence-corrected chi connectivity index (χ4v) is 4.12. The molecule has 2 heterocycles. The molecule has 3 rings (SSSR count). The summed E-state index contributed by atoms with van der Waals surface area (Å²) in [5, 5.41) is 4.01. The number of hydrogen-bond acceptors (Lipinski definition) is 3. The molecule has 1 N–H and O–H groups in total. The van der Waals surface area contributed by atoms with Crippen LogP contribution in [0.5, 0.6) is 0 Å². The normalized spacial score (nSPS) is 19.7. The zero-order chi connectivity index (χ0) is 18.5. The van der Waals surface area contributed by atoms with Gasteiger partial charge in [0.2, 0.25) is 0 Å². The summed E-state index contributed by atoms with van der Waals surface area (Å²) in [5.41, 5.74) is 2.41. The minimum atomic E-state index is 0.0985. The Balaban J connectivity index is 1.46. The molecular formula is C20H31ClN4O. The van der Waals surface area contributed by atoms with Gasteiger partial charge >= 0.3 is 6.03 Å². The summed E-state index contributed by atoms with van der Waals surface area (Å²) in [6, 6.07) is 6.43. The van der Waals surface area contributed by atoms with Crippen LogP contribution < -0.4 is 10.2 Å². The predicted octanol–water partition coefficient (Wildman–Crippen LogP) is 3.35. The Bertz CT molecular complexity index is 608. The van der Waals surface area contributed by atoms with Crippen LogP contribution in [0.4, 0.5) is 10.5 Å². The molecule has 5 nitrogen and oxygen atoms in total. The first-order chi connectivity index (χ1) is 12.6. The van der Waals surface area contributed by atoms with Crippen molar-refractivity contribution >= 4 is 23.3 Å². The molecule has 2 saturated heterocycles. The Morgan fingerprint density at radius 3 is 2.50 bits per heavy atom. The van der Waals surface area contributed by atoms with Gasteiger partial charge in [0.25, 0.3) is 0 Å². The van der Waals surface area contributed by atoms with Gasteiger partial charge in [-0.15, -0.1) is 0 Å². The predicted molar refractivity (Wildman–Crippen MR) is 108 cm³/mol. The number of nitrogens with one attached hydrogen (secondary N) is 1. The summed E-state index contributed by atoms with van der Waals surface area (Å²) < 4.78 is 0. The molecule has 6 heteroatoms. The van der Waals surface area contributed by atoms with Crippen LogP contribution in [-0.4, -0.2) is 67.7 Å². The number of piperazine rings is 1. The number of carbonyl (C=O) groups excluding carboxylic acids is 1. The van der Waals surface area contributed by atoms with E-state index in [9.17, 15) is 4.79 Å². The van der Waals surface area contributed by atoms with Gasteiger partial charge in [-0.25, -0.2) is 4.79 Å². The van der Waals surface area contributed by atoms with E-state index in [4.69, 9.17) is 11.6 Å². The minimum absolute atomic E-state index is 0.0985. The lowest BCUT2D eigenvalue weighted by molar-refractivity contribution is 0.170. The van der Waals surface area contributed by atoms with Crippen LogP contribution in [0, 0.1) is 6.92 Å². The van der Waals surface area contributed by atoms with E-state index < -0.39 is 0 Å². The number of benzene rings is 1. The van der Waals surface area contributed by atoms with Crippen molar-refractivity contribution in [2.24, 2.45) is 0 Å². The van der Waals surface area contributed by atoms with Crippen molar-refractivity contribution in [2.45, 2.75) is 39.2 Å². The van der Waals surface area contributed by atoms with Gasteiger partial charge in [-0.2, -0.15) is 0 Å². The van der Waals surface area contributed by atoms with Crippen molar-refractivity contribution in [3.8, 4) is 0 Å². The molecule has 2 fully saturated rings. The highest BCUT2D eigenvalue weighted by Gasteiger charge is 2.25. The lowest BCUT2D eigenvalue weighted by Crippen LogP contribution is -2.55. The number of nitrogens with zero attached hydrogens (tertiary/aromatic N) is 3. The monoisotopic (exact) mass is 378 g/mol. The molecule has 0 atom stereocenters. The number of aryl methyl sites for hydroxylation is 1. The molecule has 2 amide bonds. The first kappa shape index (κ1) is 19.3. The van der Waals surface area contributed by atoms with E-state index in [1.165, 1.54) is 24.2 Å². The van der Waals surface area contributed by atoms with E-state index in [1.54, 1.807) is 0 Å². The number of halogens is 1. The molecule has 0 aliphatic carbocycles. The third-order valence-electron chi connectivity index (χ3n) is 5.53. The number of amides is 2. The second-order valence-corrected chi connectivity index (χ2v) is 7.91. The summed E-state index contributed by atoms with van der Waals surface area (Å²) >= 11 is 6.15. The van der Waals surface area contributed by atoms with Gasteiger partial charge in [0.05, 0.1) is 0 Å². The zero-order valence-corrected chi connectivity index (χ0v) is 16.8. The van der Waals surface area contributed by atoms with Crippen LogP contribution >= 0.6 is 11.6 Å². The van der Waals surface area contributed by atoms with Crippen LogP contribution in [-0.2, 0) is 0 Å². The van der Waals surface area contributed by atoms with Crippen LogP contribution in [0.1, 0.15) is 31.7 Å². The van der Waals surface area contributed by atoms with Crippen LogP contribution in [0.3, 0.4) is 0 Å². The molecule has 0 bridgehead atoms. The highest BCUT2D eigenvalue weighted by Crippen LogP contribution is 2.25. The van der Waals surface area contributed by atoms with E-state index in [-0.39, 0.29) is 6.03 Å². The third kappa shape index (κ3) is 4.83. The Morgan fingerprint density at radius 1 is 1.15 bits per heavy atom. The largest absolute Gasteiger partial charge is 0.368 e. The zero-order valence-electron chi connectivity index (χ0n) is 16.0. The molecule has 2 aliphatic heterocycles. The maximum atomic E-state index is 12.6. The maximum absolute atomic E-state index is 12.6. The standard InChI is InChI=1S/C20H31ClN4O/c1-3-8-23-9-6-18(7-10-23)22-20(26)25-13-11-24(12-14-25)19-15-17(21)5-4-16(19)2/h4-5,15,18H,3,6-14H2,1-2H3,(H,22,26). The fraction of sp³-hybridized carbons (Fsp3) is 0.650. The van der Waals surface area contributed by atoms with Crippen molar-refractivity contribution < 1.29 is 4.79 Å². The van der Waals surface area contributed by atoms with Crippen molar-refractivity contribution in [3.05, 3.63) is 28.8 Å². The van der Waals surface area contributed by atoms with Gasteiger partial charge in [0.1, 0.15) is 0 Å². The van der Waals surface area contributed by atoms with E-state index >= 15 is 0 Å². The highest BCUT2D eigenvalue weighted by molar-refractivity contribution is 6.30. The van der Waals surface area contributed by atoms with E-state index in [0.717, 1.165) is 57.1 Å². The summed E-state index contributed by atoms with van der Waals surface area (Å²) in [6.45, 7) is 10.9. The summed E-state index contributed by atoms with van der Waals surface area (Å²) in [4.78, 5) is 19.4. The van der Waals surface area contributed by atoms with Crippen LogP contribution in [0.15, 0.2) is 18.2 Å². The first-order valence-corrected chi connectivity index (χ1v) is 10.2. The molecule has 1 aromatic rings. The molecule has 26 heavy (non-hydrogen) atoms. The molecule has 0 aromatic heterocycles. The van der Waals surface area contributed by atoms with Crippen molar-refractivity contribution in [3.63, 3.8) is 0 Å². The average Bonchev–Trinajstić information content (AvgIpc) is 2.66. The number of piperidine rings is 1. The summed E-state index contributed by atoms with van der Waals surface area (Å²) in [6.07, 6.45) is 3.33. The Morgan fingerprint density at radius 2 is 1.85 bits per heavy atom. The van der Waals surface area contributed by atoms with E-state index in [0.29, 0.717) is 6.04 Å². The summed E-state index contributed by atoms with van der Waals surface area (Å²) in [7, 11) is 0. The fourth-order valence-electron chi connectivity index (χ4n) is 3.96. The third-order valence-corrected chi connectivity index (χ3v) is 5.77. The van der Waals surface area contributed by atoms with Gasteiger partial charge in [0.15, 0.2) is 0 Å². The first-order valence-electron chi connectivity index (χ1n) is 9.85. The topological polar surface area (TPSA) is 38.8 Å². The quantitative estimate of drug-likeness (QED) is 0.873. The summed E-state index contributed by atoms with van der Waals surface area (Å²) in [5.74, 6) is 0. The molecule has 0 spiro atoms. The molecule has 0 unspecified atom stereocenters. The Kier molecular flexibility index (Phi) is 6.65. The van der Waals surface area contributed by atoms with Crippen LogP contribution in [0.25, 0.3) is 0 Å². The van der Waals surface area contributed by atoms with Gasteiger partial charge in [-0.05, 0) is 50.4 Å². The van der Waals surface area contributed by atoms with Gasteiger partial charge < -0.3 is 20.0 Å². The second-order valence-electron chi connectivity index (χ2n) is 7.47. The maximum Gasteiger partial charge on any atom is 0.317 e. The SMILES string of the molecule is CCCN1CCC(NC(=O)N2CCN(c3cc(Cl)ccc3C)CC2)CC1. The minimum Gasteiger partial charge on any atom is -0.368 e. The van der Waals surface area contributed by atoms with Crippen molar-refractivity contribution in [1.82, 2.24) is 15.1 Å². The van der Waals surface area contributed by atoms with E-state index in [2.05, 4.69) is 35.0 Å². The number of hydrogen-bond donors (Lipinski definition) is 1. The van der Waals surface area contributed by atoms with Crippen LogP contribution in [0.2, 0.25) is 5.02 Å². The average molecular weight is 379 g/mol. The number of rotatable bonds is 4. The molecular weight excluding hydrogens is 348 g/mol. The Labute approximate surface area is 162 Å². The number of carbonyl (C=O) groups is 1. The second kappa shape index (κ2) is 8.96.